The Balaban J connectivity index is 1.80. The highest BCUT2D eigenvalue weighted by Crippen LogP contribution is 2.43. The number of rotatable bonds is 4. The number of nitrogens with zero attached hydrogens (tertiary/aromatic N) is 1. The first kappa shape index (κ1) is 20.9. The second kappa shape index (κ2) is 7.86. The summed E-state index contributed by atoms with van der Waals surface area (Å²) in [5.74, 6) is 0.291. The Hall–Kier alpha value is -3.97. The highest BCUT2D eigenvalue weighted by Gasteiger charge is 2.44. The molecule has 1 aliphatic rings. The minimum atomic E-state index is -0.810. The van der Waals surface area contributed by atoms with Gasteiger partial charge in [0.1, 0.15) is 11.3 Å². The van der Waals surface area contributed by atoms with E-state index in [0.717, 1.165) is 0 Å². The van der Waals surface area contributed by atoms with Gasteiger partial charge >= 0.3 is 0 Å². The number of benzene rings is 3. The molecular formula is C25H18ClNO6. The summed E-state index contributed by atoms with van der Waals surface area (Å²) in [6.45, 7) is 0. The molecule has 0 saturated carbocycles. The number of methoxy groups -OCH3 is 2. The lowest BCUT2D eigenvalue weighted by Gasteiger charge is -2.25. The van der Waals surface area contributed by atoms with E-state index in [9.17, 15) is 14.7 Å². The normalized spacial score (nSPS) is 15.1. The predicted octanol–water partition coefficient (Wildman–Crippen LogP) is 4.92. The summed E-state index contributed by atoms with van der Waals surface area (Å²) in [4.78, 5) is 28.7. The molecule has 0 fully saturated rings. The van der Waals surface area contributed by atoms with Crippen LogP contribution in [-0.2, 0) is 0 Å². The van der Waals surface area contributed by atoms with E-state index in [0.29, 0.717) is 22.0 Å². The van der Waals surface area contributed by atoms with E-state index in [4.69, 9.17) is 25.5 Å². The fraction of sp³-hybridized carbons (Fsp3) is 0.120. The lowest BCUT2D eigenvalue weighted by Crippen LogP contribution is -2.29. The van der Waals surface area contributed by atoms with E-state index >= 15 is 0 Å². The quantitative estimate of drug-likeness (QED) is 0.462. The molecule has 0 bridgehead atoms. The van der Waals surface area contributed by atoms with Crippen LogP contribution in [0, 0.1) is 0 Å². The SMILES string of the molecule is COc1ccc(N2C(=O)c3oc4ccc(Cl)cc4c(=O)c3C2c2ccc(O)c(OC)c2)cc1. The zero-order valence-electron chi connectivity index (χ0n) is 17.7. The van der Waals surface area contributed by atoms with Crippen molar-refractivity contribution in [3.05, 3.63) is 92.8 Å². The van der Waals surface area contributed by atoms with Gasteiger partial charge in [-0.1, -0.05) is 17.7 Å². The number of carbonyl (C=O) groups is 1. The molecule has 7 nitrogen and oxygen atoms in total. The number of phenolic OH excluding ortho intramolecular Hbond substituents is 1. The highest BCUT2D eigenvalue weighted by molar-refractivity contribution is 6.31. The average molecular weight is 464 g/mol. The predicted molar refractivity (Wildman–Crippen MR) is 124 cm³/mol. The van der Waals surface area contributed by atoms with Crippen LogP contribution in [0.25, 0.3) is 11.0 Å². The summed E-state index contributed by atoms with van der Waals surface area (Å²) in [5.41, 5.74) is 1.23. The van der Waals surface area contributed by atoms with E-state index in [2.05, 4.69) is 0 Å². The van der Waals surface area contributed by atoms with Crippen LogP contribution >= 0.6 is 11.6 Å². The first-order valence-corrected chi connectivity index (χ1v) is 10.4. The number of hydrogen-bond donors (Lipinski definition) is 1. The van der Waals surface area contributed by atoms with Crippen LogP contribution in [0.1, 0.15) is 27.7 Å². The minimum absolute atomic E-state index is 0.0392. The van der Waals surface area contributed by atoms with Crippen molar-refractivity contribution in [2.24, 2.45) is 0 Å². The van der Waals surface area contributed by atoms with Crippen LogP contribution in [0.3, 0.4) is 0 Å². The van der Waals surface area contributed by atoms with Crippen molar-refractivity contribution in [1.82, 2.24) is 0 Å². The molecular weight excluding hydrogens is 446 g/mol. The third-order valence-corrected chi connectivity index (χ3v) is 5.94. The Morgan fingerprint density at radius 1 is 0.970 bits per heavy atom. The monoisotopic (exact) mass is 463 g/mol. The minimum Gasteiger partial charge on any atom is -0.504 e. The topological polar surface area (TPSA) is 89.2 Å². The molecule has 3 aromatic carbocycles. The molecule has 5 rings (SSSR count). The highest BCUT2D eigenvalue weighted by atomic mass is 35.5. The molecule has 0 saturated heterocycles. The van der Waals surface area contributed by atoms with E-state index < -0.39 is 11.9 Å². The molecule has 1 amide bonds. The maximum atomic E-state index is 13.6. The molecule has 33 heavy (non-hydrogen) atoms. The molecule has 0 aliphatic carbocycles. The van der Waals surface area contributed by atoms with Crippen molar-refractivity contribution in [1.29, 1.82) is 0 Å². The summed E-state index contributed by atoms with van der Waals surface area (Å²) in [5, 5.41) is 10.7. The summed E-state index contributed by atoms with van der Waals surface area (Å²) in [6.07, 6.45) is 0. The Kier molecular flexibility index (Phi) is 4.98. The first-order valence-electron chi connectivity index (χ1n) is 10.0. The van der Waals surface area contributed by atoms with Crippen LogP contribution in [-0.4, -0.2) is 25.2 Å². The molecule has 1 N–H and O–H groups in total. The van der Waals surface area contributed by atoms with E-state index in [1.807, 2.05) is 0 Å². The van der Waals surface area contributed by atoms with Crippen LogP contribution in [0.5, 0.6) is 17.2 Å². The number of aromatic hydroxyl groups is 1. The zero-order valence-corrected chi connectivity index (χ0v) is 18.4. The molecule has 2 heterocycles. The number of halogens is 1. The lowest BCUT2D eigenvalue weighted by atomic mass is 9.97. The van der Waals surface area contributed by atoms with Gasteiger partial charge in [-0.25, -0.2) is 0 Å². The smallest absolute Gasteiger partial charge is 0.295 e. The fourth-order valence-corrected chi connectivity index (χ4v) is 4.31. The average Bonchev–Trinajstić information content (AvgIpc) is 3.12. The largest absolute Gasteiger partial charge is 0.504 e. The third kappa shape index (κ3) is 3.29. The van der Waals surface area contributed by atoms with Gasteiger partial charge in [0, 0.05) is 10.7 Å². The Morgan fingerprint density at radius 2 is 1.73 bits per heavy atom. The van der Waals surface area contributed by atoms with Gasteiger partial charge in [-0.3, -0.25) is 14.5 Å². The first-order chi connectivity index (χ1) is 15.9. The number of hydrogen-bond acceptors (Lipinski definition) is 6. The van der Waals surface area contributed by atoms with Gasteiger partial charge in [0.05, 0.1) is 31.2 Å². The molecule has 4 aromatic rings. The number of ether oxygens (including phenoxy) is 2. The molecule has 1 atom stereocenters. The van der Waals surface area contributed by atoms with Gasteiger partial charge in [0.2, 0.25) is 5.76 Å². The van der Waals surface area contributed by atoms with Gasteiger partial charge in [-0.05, 0) is 60.2 Å². The Labute approximate surface area is 193 Å². The molecule has 1 unspecified atom stereocenters. The number of phenols is 1. The van der Waals surface area contributed by atoms with Crippen LogP contribution < -0.4 is 19.8 Å². The second-order valence-corrected chi connectivity index (χ2v) is 7.96. The molecule has 1 aromatic heterocycles. The molecule has 1 aliphatic heterocycles. The van der Waals surface area contributed by atoms with Crippen molar-refractivity contribution in [2.45, 2.75) is 6.04 Å². The maximum absolute atomic E-state index is 13.6. The van der Waals surface area contributed by atoms with Crippen molar-refractivity contribution in [3.8, 4) is 17.2 Å². The molecule has 0 radical (unpaired) electrons. The number of anilines is 1. The van der Waals surface area contributed by atoms with Gasteiger partial charge in [-0.15, -0.1) is 0 Å². The summed E-state index contributed by atoms with van der Waals surface area (Å²) >= 11 is 6.12. The summed E-state index contributed by atoms with van der Waals surface area (Å²) in [6, 6.07) is 15.5. The number of fused-ring (bicyclic) bond motifs is 2. The van der Waals surface area contributed by atoms with Crippen LogP contribution in [0.15, 0.2) is 69.9 Å². The number of amides is 1. The summed E-state index contributed by atoms with van der Waals surface area (Å²) < 4.78 is 16.4. The maximum Gasteiger partial charge on any atom is 0.295 e. The van der Waals surface area contributed by atoms with Crippen LogP contribution in [0.2, 0.25) is 5.02 Å². The molecule has 8 heteroatoms. The van der Waals surface area contributed by atoms with E-state index in [1.54, 1.807) is 55.6 Å². The van der Waals surface area contributed by atoms with Crippen molar-refractivity contribution >= 4 is 34.2 Å². The van der Waals surface area contributed by atoms with Gasteiger partial charge in [0.15, 0.2) is 16.9 Å². The molecule has 0 spiro atoms. The van der Waals surface area contributed by atoms with E-state index in [-0.39, 0.29) is 39.2 Å². The van der Waals surface area contributed by atoms with Crippen molar-refractivity contribution in [2.75, 3.05) is 19.1 Å². The third-order valence-electron chi connectivity index (χ3n) is 5.70. The zero-order chi connectivity index (χ0) is 23.3. The number of carbonyl (C=O) groups excluding carboxylic acids is 1. The van der Waals surface area contributed by atoms with E-state index in [1.165, 1.54) is 24.1 Å². The summed E-state index contributed by atoms with van der Waals surface area (Å²) in [7, 11) is 2.98. The Morgan fingerprint density at radius 3 is 2.42 bits per heavy atom. The second-order valence-electron chi connectivity index (χ2n) is 7.52. The standard InChI is InChI=1S/C25H18ClNO6/c1-31-16-7-5-15(6-8-16)27-22(13-3-9-18(28)20(11-13)32-2)21-23(29)17-12-14(26)4-10-19(17)33-24(21)25(27)30/h3-12,22,28H,1-2H3. The van der Waals surface area contributed by atoms with Crippen molar-refractivity contribution in [3.63, 3.8) is 0 Å². The Bertz CT molecular complexity index is 1460. The van der Waals surface area contributed by atoms with Crippen molar-refractivity contribution < 1.29 is 23.8 Å². The fourth-order valence-electron chi connectivity index (χ4n) is 4.13. The van der Waals surface area contributed by atoms with Gasteiger partial charge in [0.25, 0.3) is 5.91 Å². The lowest BCUT2D eigenvalue weighted by molar-refractivity contribution is 0.0971. The van der Waals surface area contributed by atoms with Crippen LogP contribution in [0.4, 0.5) is 5.69 Å². The van der Waals surface area contributed by atoms with Gasteiger partial charge < -0.3 is 19.0 Å². The van der Waals surface area contributed by atoms with Gasteiger partial charge in [-0.2, -0.15) is 0 Å². The molecule has 166 valence electrons.